The number of rotatable bonds is 6. The molecule has 3 atom stereocenters. The van der Waals surface area contributed by atoms with E-state index in [2.05, 4.69) is 29.7 Å². The maximum absolute atomic E-state index is 12.2. The third kappa shape index (κ3) is 7.07. The first-order chi connectivity index (χ1) is 11.8. The number of hydrogen-bond donors (Lipinski definition) is 2. The van der Waals surface area contributed by atoms with Crippen molar-refractivity contribution in [3.63, 3.8) is 0 Å². The van der Waals surface area contributed by atoms with Gasteiger partial charge in [0.05, 0.1) is 6.04 Å². The van der Waals surface area contributed by atoms with Crippen LogP contribution in [0.4, 0.5) is 4.79 Å². The monoisotopic (exact) mass is 346 g/mol. The quantitative estimate of drug-likeness (QED) is 0.777. The molecule has 1 aliphatic rings. The van der Waals surface area contributed by atoms with Crippen molar-refractivity contribution in [2.45, 2.75) is 77.5 Å². The van der Waals surface area contributed by atoms with Gasteiger partial charge < -0.3 is 15.4 Å². The summed E-state index contributed by atoms with van der Waals surface area (Å²) in [4.78, 5) is 12.2. The van der Waals surface area contributed by atoms with Crippen LogP contribution in [0.5, 0.6) is 0 Å². The minimum atomic E-state index is -0.485. The largest absolute Gasteiger partial charge is 0.444 e. The zero-order chi connectivity index (χ0) is 18.3. The lowest BCUT2D eigenvalue weighted by Gasteiger charge is -2.30. The third-order valence-electron chi connectivity index (χ3n) is 4.84. The van der Waals surface area contributed by atoms with Gasteiger partial charge in [0.15, 0.2) is 0 Å². The number of ether oxygens (including phenoxy) is 1. The summed E-state index contributed by atoms with van der Waals surface area (Å²) in [6.45, 7) is 8.89. The molecule has 1 amide bonds. The molecule has 0 radical (unpaired) electrons. The van der Waals surface area contributed by atoms with Crippen LogP contribution >= 0.6 is 0 Å². The molecular formula is C21H34N2O2. The van der Waals surface area contributed by atoms with E-state index in [0.29, 0.717) is 6.04 Å². The van der Waals surface area contributed by atoms with Gasteiger partial charge in [0.25, 0.3) is 0 Å². The zero-order valence-corrected chi connectivity index (χ0v) is 16.2. The number of benzene rings is 1. The van der Waals surface area contributed by atoms with Gasteiger partial charge in [-0.05, 0) is 58.1 Å². The van der Waals surface area contributed by atoms with Crippen LogP contribution in [0.3, 0.4) is 0 Å². The van der Waals surface area contributed by atoms with E-state index in [0.717, 1.165) is 24.4 Å². The molecule has 0 aliphatic heterocycles. The Morgan fingerprint density at radius 1 is 1.20 bits per heavy atom. The van der Waals surface area contributed by atoms with Crippen LogP contribution in [0.2, 0.25) is 0 Å². The summed E-state index contributed by atoms with van der Waals surface area (Å²) in [6.07, 6.45) is 5.75. The van der Waals surface area contributed by atoms with Crippen LogP contribution in [-0.2, 0) is 4.74 Å². The highest BCUT2D eigenvalue weighted by molar-refractivity contribution is 5.68. The fraction of sp³-hybridized carbons (Fsp3) is 0.667. The molecule has 1 saturated carbocycles. The molecule has 0 heterocycles. The molecular weight excluding hydrogens is 312 g/mol. The van der Waals surface area contributed by atoms with Gasteiger partial charge in [0.1, 0.15) is 5.60 Å². The van der Waals surface area contributed by atoms with Gasteiger partial charge in [-0.1, -0.05) is 50.1 Å². The number of amides is 1. The van der Waals surface area contributed by atoms with Crippen molar-refractivity contribution >= 4 is 6.09 Å². The fourth-order valence-electron chi connectivity index (χ4n) is 3.49. The molecule has 0 bridgehead atoms. The minimum absolute atomic E-state index is 0.0394. The number of alkyl carbamates (subject to hydrolysis) is 1. The molecule has 140 valence electrons. The Bertz CT molecular complexity index is 524. The van der Waals surface area contributed by atoms with Crippen LogP contribution < -0.4 is 10.6 Å². The lowest BCUT2D eigenvalue weighted by molar-refractivity contribution is 0.0500. The Labute approximate surface area is 152 Å². The number of carbonyl (C=O) groups is 1. The van der Waals surface area contributed by atoms with Crippen molar-refractivity contribution in [2.24, 2.45) is 5.92 Å². The lowest BCUT2D eigenvalue weighted by atomic mass is 9.86. The predicted octanol–water partition coefficient (Wildman–Crippen LogP) is 4.81. The Morgan fingerprint density at radius 2 is 1.88 bits per heavy atom. The first kappa shape index (κ1) is 19.8. The van der Waals surface area contributed by atoms with E-state index in [1.165, 1.54) is 25.7 Å². The number of carbonyl (C=O) groups excluding carboxylic acids is 1. The molecule has 0 spiro atoms. The van der Waals surface area contributed by atoms with E-state index in [1.807, 2.05) is 39.0 Å². The second kappa shape index (κ2) is 9.23. The summed E-state index contributed by atoms with van der Waals surface area (Å²) in [5.74, 6) is 0.739. The Hall–Kier alpha value is -1.55. The topological polar surface area (TPSA) is 50.4 Å². The second-order valence-corrected chi connectivity index (χ2v) is 8.22. The summed E-state index contributed by atoms with van der Waals surface area (Å²) in [5, 5.41) is 6.74. The average molecular weight is 347 g/mol. The van der Waals surface area contributed by atoms with Crippen molar-refractivity contribution in [3.05, 3.63) is 35.9 Å². The molecule has 0 aromatic heterocycles. The van der Waals surface area contributed by atoms with E-state index in [4.69, 9.17) is 4.74 Å². The van der Waals surface area contributed by atoms with Crippen LogP contribution in [0.25, 0.3) is 0 Å². The molecule has 4 nitrogen and oxygen atoms in total. The maximum Gasteiger partial charge on any atom is 0.408 e. The highest BCUT2D eigenvalue weighted by atomic mass is 16.6. The van der Waals surface area contributed by atoms with Crippen LogP contribution in [-0.4, -0.2) is 24.3 Å². The van der Waals surface area contributed by atoms with Gasteiger partial charge in [-0.3, -0.25) is 0 Å². The van der Waals surface area contributed by atoms with Crippen molar-refractivity contribution in [1.29, 1.82) is 0 Å². The molecule has 4 heteroatoms. The third-order valence-corrected chi connectivity index (χ3v) is 4.84. The maximum atomic E-state index is 12.2. The SMILES string of the molecule is CC1CCCCC1NCCC(NC(=O)OC(C)(C)C)c1ccccc1. The van der Waals surface area contributed by atoms with Gasteiger partial charge in [0, 0.05) is 6.04 Å². The second-order valence-electron chi connectivity index (χ2n) is 8.22. The summed E-state index contributed by atoms with van der Waals surface area (Å²) in [5.41, 5.74) is 0.632. The summed E-state index contributed by atoms with van der Waals surface area (Å²) in [6, 6.07) is 10.7. The number of nitrogens with one attached hydrogen (secondary N) is 2. The summed E-state index contributed by atoms with van der Waals surface area (Å²) in [7, 11) is 0. The standard InChI is InChI=1S/C21H34N2O2/c1-16-10-8-9-13-18(16)22-15-14-19(17-11-6-5-7-12-17)23-20(24)25-21(2,3)4/h5-7,11-12,16,18-19,22H,8-10,13-15H2,1-4H3,(H,23,24). The number of hydrogen-bond acceptors (Lipinski definition) is 3. The van der Waals surface area contributed by atoms with Gasteiger partial charge >= 0.3 is 6.09 Å². The van der Waals surface area contributed by atoms with Crippen molar-refractivity contribution in [3.8, 4) is 0 Å². The van der Waals surface area contributed by atoms with Gasteiger partial charge in [-0.15, -0.1) is 0 Å². The molecule has 1 aromatic rings. The molecule has 0 saturated heterocycles. The van der Waals surface area contributed by atoms with Crippen LogP contribution in [0, 0.1) is 5.92 Å². The summed E-state index contributed by atoms with van der Waals surface area (Å²) >= 11 is 0. The smallest absolute Gasteiger partial charge is 0.408 e. The Balaban J connectivity index is 1.91. The minimum Gasteiger partial charge on any atom is -0.444 e. The Kier molecular flexibility index (Phi) is 7.30. The van der Waals surface area contributed by atoms with Gasteiger partial charge in [-0.25, -0.2) is 4.79 Å². The fourth-order valence-corrected chi connectivity index (χ4v) is 3.49. The van der Waals surface area contributed by atoms with E-state index in [9.17, 15) is 4.79 Å². The van der Waals surface area contributed by atoms with E-state index >= 15 is 0 Å². The molecule has 3 unspecified atom stereocenters. The molecule has 1 fully saturated rings. The predicted molar refractivity (Wildman–Crippen MR) is 103 cm³/mol. The van der Waals surface area contributed by atoms with E-state index in [1.54, 1.807) is 0 Å². The first-order valence-electron chi connectivity index (χ1n) is 9.63. The van der Waals surface area contributed by atoms with Crippen LogP contribution in [0.15, 0.2) is 30.3 Å². The van der Waals surface area contributed by atoms with Crippen LogP contribution in [0.1, 0.15) is 71.4 Å². The zero-order valence-electron chi connectivity index (χ0n) is 16.2. The Morgan fingerprint density at radius 3 is 2.52 bits per heavy atom. The van der Waals surface area contributed by atoms with E-state index in [-0.39, 0.29) is 12.1 Å². The summed E-state index contributed by atoms with van der Waals surface area (Å²) < 4.78 is 5.43. The van der Waals surface area contributed by atoms with Crippen molar-refractivity contribution < 1.29 is 9.53 Å². The molecule has 1 aromatic carbocycles. The molecule has 25 heavy (non-hydrogen) atoms. The molecule has 2 N–H and O–H groups in total. The van der Waals surface area contributed by atoms with Crippen molar-refractivity contribution in [1.82, 2.24) is 10.6 Å². The highest BCUT2D eigenvalue weighted by Crippen LogP contribution is 2.24. The normalized spacial score (nSPS) is 22.2. The van der Waals surface area contributed by atoms with Gasteiger partial charge in [0.2, 0.25) is 0 Å². The molecule has 2 rings (SSSR count). The van der Waals surface area contributed by atoms with Crippen molar-refractivity contribution in [2.75, 3.05) is 6.54 Å². The molecule has 1 aliphatic carbocycles. The highest BCUT2D eigenvalue weighted by Gasteiger charge is 2.23. The average Bonchev–Trinajstić information content (AvgIpc) is 2.55. The van der Waals surface area contributed by atoms with E-state index < -0.39 is 5.60 Å². The first-order valence-corrected chi connectivity index (χ1v) is 9.63. The van der Waals surface area contributed by atoms with Gasteiger partial charge in [-0.2, -0.15) is 0 Å². The lowest BCUT2D eigenvalue weighted by Crippen LogP contribution is -2.40.